The number of fused-ring (bicyclic) bond motifs is 1. The number of benzene rings is 2. The minimum atomic E-state index is -0.424. The number of non-ortho nitro benzene ring substituents is 1. The van der Waals surface area contributed by atoms with Gasteiger partial charge in [-0.05, 0) is 44.5 Å². The lowest BCUT2D eigenvalue weighted by molar-refractivity contribution is -0.384. The molecule has 0 saturated heterocycles. The summed E-state index contributed by atoms with van der Waals surface area (Å²) in [6.45, 7) is 6.46. The van der Waals surface area contributed by atoms with Gasteiger partial charge in [-0.25, -0.2) is 0 Å². The molecule has 0 bridgehead atoms. The van der Waals surface area contributed by atoms with Gasteiger partial charge in [-0.1, -0.05) is 6.08 Å². The summed E-state index contributed by atoms with van der Waals surface area (Å²) in [5.74, 6) is 0.733. The predicted molar refractivity (Wildman–Crippen MR) is 109 cm³/mol. The number of allylic oxidation sites excluding steroid dienone is 1. The van der Waals surface area contributed by atoms with Gasteiger partial charge in [0.1, 0.15) is 5.75 Å². The summed E-state index contributed by atoms with van der Waals surface area (Å²) < 4.78 is 5.58. The number of rotatable bonds is 4. The van der Waals surface area contributed by atoms with Crippen molar-refractivity contribution >= 4 is 28.8 Å². The standard InChI is InChI=1S/C21H23N3O3/c1-14-12-21(2,3)23(4)19-11-20(27-5)15(10-18(14)19)13-22-16-6-8-17(9-7-16)24(25)26/h6-13H,1-5H3. The number of ether oxygens (including phenoxy) is 1. The van der Waals surface area contributed by atoms with E-state index in [1.807, 2.05) is 6.07 Å². The highest BCUT2D eigenvalue weighted by atomic mass is 16.6. The fourth-order valence-corrected chi connectivity index (χ4v) is 3.28. The number of hydrogen-bond acceptors (Lipinski definition) is 5. The average Bonchev–Trinajstić information content (AvgIpc) is 2.64. The first kappa shape index (κ1) is 18.6. The highest BCUT2D eigenvalue weighted by Gasteiger charge is 2.29. The molecular weight excluding hydrogens is 342 g/mol. The Labute approximate surface area is 158 Å². The van der Waals surface area contributed by atoms with Gasteiger partial charge in [-0.15, -0.1) is 0 Å². The Morgan fingerprint density at radius 3 is 2.48 bits per heavy atom. The monoisotopic (exact) mass is 365 g/mol. The Morgan fingerprint density at radius 1 is 1.22 bits per heavy atom. The molecule has 6 nitrogen and oxygen atoms in total. The van der Waals surface area contributed by atoms with E-state index in [2.05, 4.69) is 49.9 Å². The minimum Gasteiger partial charge on any atom is -0.496 e. The summed E-state index contributed by atoms with van der Waals surface area (Å²) in [7, 11) is 3.72. The van der Waals surface area contributed by atoms with Crippen molar-refractivity contribution in [2.24, 2.45) is 4.99 Å². The fraction of sp³-hybridized carbons (Fsp3) is 0.286. The lowest BCUT2D eigenvalue weighted by Gasteiger charge is -2.40. The van der Waals surface area contributed by atoms with E-state index >= 15 is 0 Å². The molecule has 140 valence electrons. The first-order valence-electron chi connectivity index (χ1n) is 8.67. The van der Waals surface area contributed by atoms with Crippen molar-refractivity contribution < 1.29 is 9.66 Å². The molecule has 0 aromatic heterocycles. The number of nitrogens with zero attached hydrogens (tertiary/aromatic N) is 3. The topological polar surface area (TPSA) is 68.0 Å². The molecule has 0 radical (unpaired) electrons. The second-order valence-corrected chi connectivity index (χ2v) is 7.18. The van der Waals surface area contributed by atoms with E-state index in [1.165, 1.54) is 17.7 Å². The van der Waals surface area contributed by atoms with Crippen LogP contribution >= 0.6 is 0 Å². The van der Waals surface area contributed by atoms with Crippen molar-refractivity contribution in [3.8, 4) is 5.75 Å². The molecule has 0 atom stereocenters. The molecule has 1 heterocycles. The normalized spacial score (nSPS) is 15.4. The van der Waals surface area contributed by atoms with Gasteiger partial charge in [0.15, 0.2) is 0 Å². The lowest BCUT2D eigenvalue weighted by Crippen LogP contribution is -2.42. The number of anilines is 1. The second kappa shape index (κ2) is 6.87. The Hall–Kier alpha value is -3.15. The van der Waals surface area contributed by atoms with E-state index in [1.54, 1.807) is 25.5 Å². The van der Waals surface area contributed by atoms with Crippen LogP contribution in [0.1, 0.15) is 31.9 Å². The molecule has 6 heteroatoms. The molecule has 1 aliphatic heterocycles. The Morgan fingerprint density at radius 2 is 1.89 bits per heavy atom. The third kappa shape index (κ3) is 3.56. The molecule has 0 aliphatic carbocycles. The van der Waals surface area contributed by atoms with Crippen LogP contribution in [-0.4, -0.2) is 30.8 Å². The molecule has 2 aromatic rings. The van der Waals surface area contributed by atoms with Crippen LogP contribution in [0.5, 0.6) is 5.75 Å². The zero-order chi connectivity index (χ0) is 19.8. The van der Waals surface area contributed by atoms with Gasteiger partial charge < -0.3 is 9.64 Å². The van der Waals surface area contributed by atoms with Crippen molar-refractivity contribution in [2.75, 3.05) is 19.1 Å². The molecule has 1 aliphatic rings. The predicted octanol–water partition coefficient (Wildman–Crippen LogP) is 4.99. The Kier molecular flexibility index (Phi) is 4.74. The van der Waals surface area contributed by atoms with Crippen LogP contribution < -0.4 is 9.64 Å². The third-order valence-corrected chi connectivity index (χ3v) is 4.98. The molecule has 2 aromatic carbocycles. The van der Waals surface area contributed by atoms with Gasteiger partial charge >= 0.3 is 0 Å². The average molecular weight is 365 g/mol. The van der Waals surface area contributed by atoms with E-state index in [-0.39, 0.29) is 11.2 Å². The van der Waals surface area contributed by atoms with Crippen molar-refractivity contribution in [1.82, 2.24) is 0 Å². The van der Waals surface area contributed by atoms with Crippen LogP contribution in [0, 0.1) is 10.1 Å². The minimum absolute atomic E-state index is 0.0479. The van der Waals surface area contributed by atoms with Crippen LogP contribution in [0.2, 0.25) is 0 Å². The number of hydrogen-bond donors (Lipinski definition) is 0. The maximum Gasteiger partial charge on any atom is 0.269 e. The Balaban J connectivity index is 1.99. The molecule has 0 spiro atoms. The third-order valence-electron chi connectivity index (χ3n) is 4.98. The molecule has 0 amide bonds. The van der Waals surface area contributed by atoms with E-state index in [4.69, 9.17) is 4.74 Å². The summed E-state index contributed by atoms with van der Waals surface area (Å²) in [4.78, 5) is 17.0. The second-order valence-electron chi connectivity index (χ2n) is 7.18. The molecular formula is C21H23N3O3. The largest absolute Gasteiger partial charge is 0.496 e. The van der Waals surface area contributed by atoms with E-state index in [0.29, 0.717) is 5.69 Å². The molecule has 0 unspecified atom stereocenters. The number of aliphatic imine (C=N–C) groups is 1. The number of nitro benzene ring substituents is 1. The number of likely N-dealkylation sites (N-methyl/N-ethyl adjacent to an activating group) is 1. The molecule has 0 fully saturated rings. The number of nitro groups is 1. The van der Waals surface area contributed by atoms with Gasteiger partial charge in [-0.2, -0.15) is 0 Å². The van der Waals surface area contributed by atoms with Gasteiger partial charge in [0.2, 0.25) is 0 Å². The summed E-state index contributed by atoms with van der Waals surface area (Å²) in [5, 5.41) is 10.8. The van der Waals surface area contributed by atoms with Crippen molar-refractivity contribution in [2.45, 2.75) is 26.3 Å². The van der Waals surface area contributed by atoms with Gasteiger partial charge in [0.25, 0.3) is 5.69 Å². The zero-order valence-electron chi connectivity index (χ0n) is 16.2. The highest BCUT2D eigenvalue weighted by molar-refractivity contribution is 5.91. The quantitative estimate of drug-likeness (QED) is 0.435. The lowest BCUT2D eigenvalue weighted by atomic mass is 9.88. The molecule has 0 N–H and O–H groups in total. The van der Waals surface area contributed by atoms with Gasteiger partial charge in [-0.3, -0.25) is 15.1 Å². The van der Waals surface area contributed by atoms with Crippen molar-refractivity contribution in [1.29, 1.82) is 0 Å². The summed E-state index contributed by atoms with van der Waals surface area (Å²) in [6.07, 6.45) is 3.98. The van der Waals surface area contributed by atoms with Crippen molar-refractivity contribution in [3.05, 3.63) is 63.7 Å². The fourth-order valence-electron chi connectivity index (χ4n) is 3.28. The van der Waals surface area contributed by atoms with E-state index in [0.717, 1.165) is 22.6 Å². The Bertz CT molecular complexity index is 944. The summed E-state index contributed by atoms with van der Waals surface area (Å²) >= 11 is 0. The van der Waals surface area contributed by atoms with Crippen LogP contribution in [-0.2, 0) is 0 Å². The van der Waals surface area contributed by atoms with Crippen LogP contribution in [0.25, 0.3) is 5.57 Å². The molecule has 27 heavy (non-hydrogen) atoms. The smallest absolute Gasteiger partial charge is 0.269 e. The van der Waals surface area contributed by atoms with Crippen LogP contribution in [0.4, 0.5) is 17.1 Å². The number of methoxy groups -OCH3 is 1. The zero-order valence-corrected chi connectivity index (χ0v) is 16.2. The van der Waals surface area contributed by atoms with Crippen LogP contribution in [0.3, 0.4) is 0 Å². The molecule has 3 rings (SSSR count). The van der Waals surface area contributed by atoms with E-state index < -0.39 is 4.92 Å². The molecule has 0 saturated carbocycles. The first-order valence-corrected chi connectivity index (χ1v) is 8.67. The summed E-state index contributed by atoms with van der Waals surface area (Å²) in [6, 6.07) is 10.2. The SMILES string of the molecule is COc1cc2c(cc1C=Nc1ccc([N+](=O)[O-])cc1)C(C)=CC(C)(C)N2C. The van der Waals surface area contributed by atoms with E-state index in [9.17, 15) is 10.1 Å². The van der Waals surface area contributed by atoms with Crippen LogP contribution in [0.15, 0.2) is 47.5 Å². The first-order chi connectivity index (χ1) is 12.7. The van der Waals surface area contributed by atoms with Crippen molar-refractivity contribution in [3.63, 3.8) is 0 Å². The maximum absolute atomic E-state index is 10.8. The maximum atomic E-state index is 10.8. The summed E-state index contributed by atoms with van der Waals surface area (Å²) in [5.41, 5.74) is 4.94. The highest BCUT2D eigenvalue weighted by Crippen LogP contribution is 2.41. The van der Waals surface area contributed by atoms with Gasteiger partial charge in [0, 0.05) is 48.3 Å². The van der Waals surface area contributed by atoms with Gasteiger partial charge in [0.05, 0.1) is 23.3 Å².